The number of phenols is 1. The van der Waals surface area contributed by atoms with Gasteiger partial charge in [0.1, 0.15) is 5.75 Å². The maximum atomic E-state index is 10.4. The smallest absolute Gasteiger partial charge is 0.153 e. The summed E-state index contributed by atoms with van der Waals surface area (Å²) in [4.78, 5) is 14.4. The van der Waals surface area contributed by atoms with Crippen molar-refractivity contribution in [2.24, 2.45) is 4.99 Å². The molecule has 0 aliphatic carbocycles. The van der Waals surface area contributed by atoms with Crippen molar-refractivity contribution in [1.29, 1.82) is 0 Å². The van der Waals surface area contributed by atoms with Crippen LogP contribution < -0.4 is 0 Å². The molecule has 0 unspecified atom stereocenters. The molecule has 0 saturated carbocycles. The Morgan fingerprint density at radius 2 is 2.25 bits per heavy atom. The van der Waals surface area contributed by atoms with E-state index in [0.717, 1.165) is 17.8 Å². The molecule has 0 spiro atoms. The lowest BCUT2D eigenvalue weighted by Gasteiger charge is -1.97. The van der Waals surface area contributed by atoms with E-state index in [0.29, 0.717) is 11.8 Å². The second kappa shape index (κ2) is 2.44. The summed E-state index contributed by atoms with van der Waals surface area (Å²) in [7, 11) is 0. The number of nitrogens with zero attached hydrogens (tertiary/aromatic N) is 1. The minimum Gasteiger partial charge on any atom is -0.507 e. The lowest BCUT2D eigenvalue weighted by molar-refractivity contribution is 0.112. The Morgan fingerprint density at radius 3 is 2.83 bits per heavy atom. The Kier molecular flexibility index (Phi) is 1.43. The minimum absolute atomic E-state index is 0.0231. The van der Waals surface area contributed by atoms with Gasteiger partial charge in [0, 0.05) is 0 Å². The summed E-state index contributed by atoms with van der Waals surface area (Å²) in [6.45, 7) is 0.753. The van der Waals surface area contributed by atoms with Crippen LogP contribution in [0.4, 0.5) is 0 Å². The van der Waals surface area contributed by atoms with Crippen molar-refractivity contribution in [2.75, 3.05) is 6.54 Å². The van der Waals surface area contributed by atoms with Gasteiger partial charge in [-0.15, -0.1) is 0 Å². The lowest BCUT2D eigenvalue weighted by atomic mass is 10.1. The van der Waals surface area contributed by atoms with Crippen molar-refractivity contribution in [1.82, 2.24) is 0 Å². The molecule has 2 rings (SSSR count). The molecule has 0 aromatic heterocycles. The Hall–Kier alpha value is -1.64. The molecule has 1 aliphatic rings. The number of carbonyl (C=O) groups is 1. The van der Waals surface area contributed by atoms with Gasteiger partial charge in [0.25, 0.3) is 0 Å². The van der Waals surface area contributed by atoms with Crippen molar-refractivity contribution in [3.8, 4) is 5.75 Å². The van der Waals surface area contributed by atoms with Crippen LogP contribution in [0.25, 0.3) is 0 Å². The summed E-state index contributed by atoms with van der Waals surface area (Å²) in [5, 5.41) is 9.17. The summed E-state index contributed by atoms with van der Waals surface area (Å²) in [6, 6.07) is 4.92. The summed E-state index contributed by atoms with van der Waals surface area (Å²) in [5.74, 6) is 0.0231. The molecule has 3 nitrogen and oxygen atoms in total. The number of hydrogen-bond acceptors (Lipinski definition) is 3. The molecular weight excluding hydrogens is 154 g/mol. The summed E-state index contributed by atoms with van der Waals surface area (Å²) in [5.41, 5.74) is 2.25. The van der Waals surface area contributed by atoms with E-state index in [1.165, 1.54) is 6.07 Å². The Bertz CT molecular complexity index is 369. The fourth-order valence-corrected chi connectivity index (χ4v) is 1.05. The van der Waals surface area contributed by atoms with Crippen LogP contribution in [0.15, 0.2) is 23.2 Å². The monoisotopic (exact) mass is 161 g/mol. The molecule has 0 fully saturated rings. The van der Waals surface area contributed by atoms with Crippen LogP contribution in [0.2, 0.25) is 0 Å². The van der Waals surface area contributed by atoms with Gasteiger partial charge in [0.2, 0.25) is 0 Å². The van der Waals surface area contributed by atoms with E-state index >= 15 is 0 Å². The molecule has 0 atom stereocenters. The van der Waals surface area contributed by atoms with E-state index in [-0.39, 0.29) is 5.75 Å². The van der Waals surface area contributed by atoms with Gasteiger partial charge in [-0.05, 0) is 23.8 Å². The topological polar surface area (TPSA) is 49.7 Å². The lowest BCUT2D eigenvalue weighted by Crippen LogP contribution is -1.90. The molecule has 1 heterocycles. The molecule has 0 amide bonds. The number of benzene rings is 1. The first kappa shape index (κ1) is 7.03. The van der Waals surface area contributed by atoms with Crippen LogP contribution in [-0.4, -0.2) is 23.6 Å². The number of aromatic hydroxyl groups is 1. The van der Waals surface area contributed by atoms with Crippen LogP contribution in [0.1, 0.15) is 15.9 Å². The molecule has 0 radical (unpaired) electrons. The zero-order valence-electron chi connectivity index (χ0n) is 6.32. The predicted molar refractivity (Wildman–Crippen MR) is 44.9 cm³/mol. The van der Waals surface area contributed by atoms with Gasteiger partial charge in [-0.1, -0.05) is 0 Å². The van der Waals surface area contributed by atoms with E-state index in [4.69, 9.17) is 5.11 Å². The highest BCUT2D eigenvalue weighted by Crippen LogP contribution is 2.19. The quantitative estimate of drug-likeness (QED) is 0.658. The van der Waals surface area contributed by atoms with E-state index in [9.17, 15) is 4.79 Å². The van der Waals surface area contributed by atoms with Crippen LogP contribution >= 0.6 is 0 Å². The SMILES string of the molecule is O=Cc1cc(C2=NC2)ccc1O. The maximum absolute atomic E-state index is 10.4. The van der Waals surface area contributed by atoms with Gasteiger partial charge in [0.05, 0.1) is 17.8 Å². The fourth-order valence-electron chi connectivity index (χ4n) is 1.05. The van der Waals surface area contributed by atoms with Crippen LogP contribution in [0.5, 0.6) is 5.75 Å². The highest BCUT2D eigenvalue weighted by Gasteiger charge is 2.13. The number of aliphatic imine (C=N–C) groups is 1. The molecule has 3 heteroatoms. The van der Waals surface area contributed by atoms with Crippen molar-refractivity contribution in [3.63, 3.8) is 0 Å². The largest absolute Gasteiger partial charge is 0.507 e. The van der Waals surface area contributed by atoms with Crippen molar-refractivity contribution in [3.05, 3.63) is 29.3 Å². The van der Waals surface area contributed by atoms with E-state index in [2.05, 4.69) is 4.99 Å². The first-order valence-corrected chi connectivity index (χ1v) is 3.63. The van der Waals surface area contributed by atoms with E-state index < -0.39 is 0 Å². The number of carbonyl (C=O) groups excluding carboxylic acids is 1. The zero-order chi connectivity index (χ0) is 8.55. The molecule has 0 saturated heterocycles. The standard InChI is InChI=1S/C9H7NO2/c11-5-7-3-6(8-4-10-8)1-2-9(7)12/h1-3,5,12H,4H2. The van der Waals surface area contributed by atoms with Gasteiger partial charge < -0.3 is 5.11 Å². The molecule has 60 valence electrons. The van der Waals surface area contributed by atoms with Crippen LogP contribution in [0, 0.1) is 0 Å². The molecule has 0 bridgehead atoms. The van der Waals surface area contributed by atoms with E-state index in [1.807, 2.05) is 0 Å². The van der Waals surface area contributed by atoms with E-state index in [1.54, 1.807) is 12.1 Å². The highest BCUT2D eigenvalue weighted by atomic mass is 16.3. The summed E-state index contributed by atoms with van der Waals surface area (Å²) in [6.07, 6.45) is 0.641. The molecule has 1 aliphatic heterocycles. The van der Waals surface area contributed by atoms with Gasteiger partial charge in [0.15, 0.2) is 6.29 Å². The first-order valence-electron chi connectivity index (χ1n) is 3.63. The Morgan fingerprint density at radius 1 is 1.50 bits per heavy atom. The third kappa shape index (κ3) is 1.09. The number of rotatable bonds is 2. The predicted octanol–water partition coefficient (Wildman–Crippen LogP) is 1.01. The molecule has 1 aromatic carbocycles. The second-order valence-electron chi connectivity index (χ2n) is 2.65. The molecular formula is C9H7NO2. The van der Waals surface area contributed by atoms with Crippen molar-refractivity contribution in [2.45, 2.75) is 0 Å². The Labute approximate surface area is 69.4 Å². The maximum Gasteiger partial charge on any atom is 0.153 e. The average molecular weight is 161 g/mol. The number of hydrogen-bond donors (Lipinski definition) is 1. The number of aldehydes is 1. The minimum atomic E-state index is 0.0231. The van der Waals surface area contributed by atoms with Gasteiger partial charge in [-0.3, -0.25) is 9.79 Å². The third-order valence-corrected chi connectivity index (χ3v) is 1.80. The van der Waals surface area contributed by atoms with Gasteiger partial charge in [-0.25, -0.2) is 0 Å². The summed E-state index contributed by atoms with van der Waals surface area (Å²) >= 11 is 0. The van der Waals surface area contributed by atoms with Gasteiger partial charge >= 0.3 is 0 Å². The summed E-state index contributed by atoms with van der Waals surface area (Å²) < 4.78 is 0. The fraction of sp³-hybridized carbons (Fsp3) is 0.111. The Balaban J connectivity index is 2.47. The third-order valence-electron chi connectivity index (χ3n) is 1.80. The second-order valence-corrected chi connectivity index (χ2v) is 2.65. The first-order chi connectivity index (χ1) is 5.81. The van der Waals surface area contributed by atoms with Gasteiger partial charge in [-0.2, -0.15) is 0 Å². The van der Waals surface area contributed by atoms with Crippen molar-refractivity contribution >= 4 is 12.0 Å². The average Bonchev–Trinajstić information content (AvgIpc) is 2.88. The molecule has 1 N–H and O–H groups in total. The van der Waals surface area contributed by atoms with Crippen LogP contribution in [0.3, 0.4) is 0 Å². The molecule has 1 aromatic rings. The van der Waals surface area contributed by atoms with Crippen LogP contribution in [-0.2, 0) is 0 Å². The zero-order valence-corrected chi connectivity index (χ0v) is 6.32. The normalized spacial score (nSPS) is 13.8. The highest BCUT2D eigenvalue weighted by molar-refractivity contribution is 6.11. The molecule has 12 heavy (non-hydrogen) atoms. The van der Waals surface area contributed by atoms with Crippen molar-refractivity contribution < 1.29 is 9.90 Å². The number of phenolic OH excluding ortho intramolecular Hbond substituents is 1.